The Kier molecular flexibility index (Phi) is 8.61. The molecule has 1 aliphatic rings. The normalized spacial score (nSPS) is 17.9. The zero-order chi connectivity index (χ0) is 21.4. The molecule has 5 N–H and O–H groups in total. The average molecular weight is 467 g/mol. The van der Waals surface area contributed by atoms with Gasteiger partial charge in [-0.2, -0.15) is 16.2 Å². The van der Waals surface area contributed by atoms with Gasteiger partial charge in [0.15, 0.2) is 0 Å². The fraction of sp³-hybridized carbons (Fsp3) is 0.476. The molecule has 1 aromatic heterocycles. The second-order valence-corrected chi connectivity index (χ2v) is 11.4. The number of hydrogen-bond donors (Lipinski definition) is 3. The van der Waals surface area contributed by atoms with Crippen LogP contribution in [0.4, 0.5) is 5.69 Å². The molecular formula is C21H30N4O2S3. The monoisotopic (exact) mass is 466 g/mol. The molecule has 0 amide bonds. The Labute approximate surface area is 187 Å². The van der Waals surface area contributed by atoms with Crippen LogP contribution >= 0.6 is 23.1 Å². The molecule has 164 valence electrons. The lowest BCUT2D eigenvalue weighted by Gasteiger charge is -2.22. The molecule has 0 saturated carbocycles. The van der Waals surface area contributed by atoms with Crippen LogP contribution in [-0.4, -0.2) is 32.6 Å². The summed E-state index contributed by atoms with van der Waals surface area (Å²) in [5.41, 5.74) is 14.0. The Hall–Kier alpha value is -1.55. The molecule has 2 heterocycles. The van der Waals surface area contributed by atoms with Gasteiger partial charge in [0.05, 0.1) is 5.75 Å². The van der Waals surface area contributed by atoms with E-state index in [9.17, 15) is 8.42 Å². The maximum Gasteiger partial charge on any atom is 0.258 e. The molecule has 0 spiro atoms. The molecule has 0 radical (unpaired) electrons. The van der Waals surface area contributed by atoms with E-state index < -0.39 is 10.0 Å². The van der Waals surface area contributed by atoms with Crippen molar-refractivity contribution in [3.05, 3.63) is 51.7 Å². The summed E-state index contributed by atoms with van der Waals surface area (Å²) in [4.78, 5) is 1.43. The molecule has 1 aliphatic heterocycles. The van der Waals surface area contributed by atoms with Crippen molar-refractivity contribution in [2.24, 2.45) is 10.1 Å². The molecule has 1 atom stereocenters. The lowest BCUT2D eigenvalue weighted by atomic mass is 10.0. The van der Waals surface area contributed by atoms with E-state index in [1.807, 2.05) is 11.3 Å². The number of nitrogens with zero attached hydrogens (tertiary/aromatic N) is 1. The number of hydrogen-bond acceptors (Lipinski definition) is 6. The van der Waals surface area contributed by atoms with Crippen molar-refractivity contribution in [2.75, 3.05) is 18.0 Å². The van der Waals surface area contributed by atoms with Gasteiger partial charge in [-0.3, -0.25) is 0 Å². The molecule has 6 nitrogen and oxygen atoms in total. The summed E-state index contributed by atoms with van der Waals surface area (Å²) in [7, 11) is -3.64. The summed E-state index contributed by atoms with van der Waals surface area (Å²) in [6.07, 6.45) is 5.44. The van der Waals surface area contributed by atoms with Gasteiger partial charge in [0.1, 0.15) is 5.84 Å². The van der Waals surface area contributed by atoms with E-state index >= 15 is 0 Å². The van der Waals surface area contributed by atoms with E-state index in [-0.39, 0.29) is 11.6 Å². The van der Waals surface area contributed by atoms with Crippen LogP contribution in [0.1, 0.15) is 41.7 Å². The van der Waals surface area contributed by atoms with E-state index in [0.29, 0.717) is 23.7 Å². The number of nitrogen functional groups attached to an aromatic ring is 1. The van der Waals surface area contributed by atoms with Crippen LogP contribution in [0.3, 0.4) is 0 Å². The van der Waals surface area contributed by atoms with Gasteiger partial charge >= 0.3 is 0 Å². The van der Waals surface area contributed by atoms with Crippen molar-refractivity contribution >= 4 is 44.6 Å². The molecule has 0 bridgehead atoms. The predicted molar refractivity (Wildman–Crippen MR) is 130 cm³/mol. The summed E-state index contributed by atoms with van der Waals surface area (Å²) in [6.45, 7) is 1.14. The van der Waals surface area contributed by atoms with E-state index in [1.165, 1.54) is 29.7 Å². The summed E-state index contributed by atoms with van der Waals surface area (Å²) in [5.74, 6) is 1.63. The number of amidine groups is 1. The van der Waals surface area contributed by atoms with Crippen molar-refractivity contribution < 1.29 is 8.42 Å². The lowest BCUT2D eigenvalue weighted by molar-refractivity contribution is 0.401. The van der Waals surface area contributed by atoms with Gasteiger partial charge < -0.3 is 16.8 Å². The summed E-state index contributed by atoms with van der Waals surface area (Å²) >= 11 is 3.58. The van der Waals surface area contributed by atoms with Crippen LogP contribution < -0.4 is 16.8 Å². The van der Waals surface area contributed by atoms with Crippen LogP contribution in [0, 0.1) is 0 Å². The minimum absolute atomic E-state index is 0.160. The first-order valence-electron chi connectivity index (χ1n) is 10.2. The van der Waals surface area contributed by atoms with E-state index in [1.54, 1.807) is 36.0 Å². The third kappa shape index (κ3) is 7.94. The maximum absolute atomic E-state index is 12.2. The van der Waals surface area contributed by atoms with Crippen molar-refractivity contribution in [3.8, 4) is 0 Å². The highest BCUT2D eigenvalue weighted by molar-refractivity contribution is 7.98. The maximum atomic E-state index is 12.2. The molecule has 1 aromatic carbocycles. The largest absolute Gasteiger partial charge is 0.399 e. The predicted octanol–water partition coefficient (Wildman–Crippen LogP) is 3.53. The van der Waals surface area contributed by atoms with Gasteiger partial charge in [0, 0.05) is 34.5 Å². The van der Waals surface area contributed by atoms with Crippen molar-refractivity contribution in [1.82, 2.24) is 5.32 Å². The molecule has 1 saturated heterocycles. The zero-order valence-electron chi connectivity index (χ0n) is 17.0. The van der Waals surface area contributed by atoms with Gasteiger partial charge in [0.25, 0.3) is 10.0 Å². The van der Waals surface area contributed by atoms with Crippen LogP contribution in [0.5, 0.6) is 0 Å². The number of anilines is 1. The number of benzene rings is 1. The van der Waals surface area contributed by atoms with Crippen LogP contribution in [-0.2, 0) is 27.9 Å². The quantitative estimate of drug-likeness (QED) is 0.214. The number of sulfonamides is 1. The minimum Gasteiger partial charge on any atom is -0.399 e. The Morgan fingerprint density at radius 3 is 2.77 bits per heavy atom. The Morgan fingerprint density at radius 1 is 1.23 bits per heavy atom. The first-order chi connectivity index (χ1) is 14.4. The lowest BCUT2D eigenvalue weighted by Crippen LogP contribution is -2.35. The minimum atomic E-state index is -3.64. The zero-order valence-corrected chi connectivity index (χ0v) is 19.5. The standard InChI is InChI=1S/C21H30N4O2S3/c22-18-6-4-16(5-7-18)15-30(26,27)25-21(23)8-10-28-13-17-11-20(29-14-17)12-19-3-1-2-9-24-19/h4-7,11,14,19,24H,1-3,8-10,12-13,15,22H2,(H2,23,25). The summed E-state index contributed by atoms with van der Waals surface area (Å²) in [5, 5.41) is 5.82. The Bertz CT molecular complexity index is 933. The second kappa shape index (κ2) is 11.2. The second-order valence-electron chi connectivity index (χ2n) is 7.63. The van der Waals surface area contributed by atoms with E-state index in [0.717, 1.165) is 24.5 Å². The number of nitrogens with one attached hydrogen (secondary N) is 1. The number of nitrogens with two attached hydrogens (primary N) is 2. The summed E-state index contributed by atoms with van der Waals surface area (Å²) < 4.78 is 28.2. The van der Waals surface area contributed by atoms with Gasteiger partial charge in [-0.1, -0.05) is 18.6 Å². The third-order valence-corrected chi connectivity index (χ3v) is 8.17. The van der Waals surface area contributed by atoms with Crippen LogP contribution in [0.25, 0.3) is 0 Å². The van der Waals surface area contributed by atoms with Crippen molar-refractivity contribution in [3.63, 3.8) is 0 Å². The smallest absolute Gasteiger partial charge is 0.258 e. The number of thioether (sulfide) groups is 1. The first-order valence-corrected chi connectivity index (χ1v) is 13.8. The molecule has 30 heavy (non-hydrogen) atoms. The van der Waals surface area contributed by atoms with Crippen LogP contribution in [0.15, 0.2) is 40.1 Å². The van der Waals surface area contributed by atoms with Crippen molar-refractivity contribution in [1.29, 1.82) is 0 Å². The van der Waals surface area contributed by atoms with Gasteiger partial charge in [-0.05, 0) is 60.5 Å². The molecule has 3 rings (SSSR count). The highest BCUT2D eigenvalue weighted by atomic mass is 32.2. The molecule has 9 heteroatoms. The SMILES string of the molecule is NC(CCSCc1csc(CC2CCCCN2)c1)=NS(=O)(=O)Cc1ccc(N)cc1. The van der Waals surface area contributed by atoms with E-state index in [2.05, 4.69) is 21.2 Å². The summed E-state index contributed by atoms with van der Waals surface area (Å²) in [6, 6.07) is 9.64. The number of rotatable bonds is 10. The average Bonchev–Trinajstić information content (AvgIpc) is 3.14. The topological polar surface area (TPSA) is 111 Å². The molecule has 1 fully saturated rings. The van der Waals surface area contributed by atoms with E-state index in [4.69, 9.17) is 11.5 Å². The fourth-order valence-corrected chi connectivity index (χ4v) is 6.50. The number of piperidine rings is 1. The van der Waals surface area contributed by atoms with Gasteiger partial charge in [-0.15, -0.1) is 11.3 Å². The van der Waals surface area contributed by atoms with Gasteiger partial charge in [0.2, 0.25) is 0 Å². The highest BCUT2D eigenvalue weighted by Crippen LogP contribution is 2.23. The molecule has 2 aromatic rings. The Balaban J connectivity index is 1.39. The first kappa shape index (κ1) is 23.1. The molecule has 0 aliphatic carbocycles. The third-order valence-electron chi connectivity index (χ3n) is 4.92. The fourth-order valence-electron chi connectivity index (χ4n) is 3.40. The Morgan fingerprint density at radius 2 is 2.03 bits per heavy atom. The highest BCUT2D eigenvalue weighted by Gasteiger charge is 2.14. The molecular weight excluding hydrogens is 436 g/mol. The van der Waals surface area contributed by atoms with Gasteiger partial charge in [-0.25, -0.2) is 8.42 Å². The van der Waals surface area contributed by atoms with Crippen molar-refractivity contribution in [2.45, 2.75) is 49.7 Å². The van der Waals surface area contributed by atoms with Crippen LogP contribution in [0.2, 0.25) is 0 Å². The molecule has 1 unspecified atom stereocenters. The number of thiophene rings is 1.